The van der Waals surface area contributed by atoms with Crippen molar-refractivity contribution in [1.82, 2.24) is 0 Å². The summed E-state index contributed by atoms with van der Waals surface area (Å²) in [7, 11) is -0.791. The quantitative estimate of drug-likeness (QED) is 0.336. The largest absolute Gasteiger partial charge is 4.00 e. The van der Waals surface area contributed by atoms with Gasteiger partial charge in [-0.15, -0.1) is 0 Å². The molecule has 3 aliphatic rings. The fourth-order valence-corrected chi connectivity index (χ4v) is 7.28. The zero-order chi connectivity index (χ0) is 14.1. The predicted octanol–water partition coefficient (Wildman–Crippen LogP) is 6.51. The van der Waals surface area contributed by atoms with Crippen LogP contribution >= 0.6 is 0 Å². The fourth-order valence-electron chi connectivity index (χ4n) is 3.60. The molecule has 20 heavy (non-hydrogen) atoms. The number of hydrogen-bond donors (Lipinski definition) is 0. The van der Waals surface area contributed by atoms with Crippen molar-refractivity contribution in [1.29, 1.82) is 0 Å². The first kappa shape index (κ1) is 21.1. The van der Waals surface area contributed by atoms with Gasteiger partial charge in [0.15, 0.2) is 0 Å². The summed E-state index contributed by atoms with van der Waals surface area (Å²) in [5, 5.41) is 0. The molecule has 0 N–H and O–H groups in total. The fraction of sp³-hybridized carbons (Fsp3) is 0.889. The molecule has 0 aromatic rings. The van der Waals surface area contributed by atoms with Gasteiger partial charge in [-0.25, -0.2) is 0 Å². The van der Waals surface area contributed by atoms with Gasteiger partial charge in [-0.1, -0.05) is 89.4 Å². The molecular formula is C18H36SiZr+2. The van der Waals surface area contributed by atoms with Crippen molar-refractivity contribution in [3.63, 3.8) is 0 Å². The second kappa shape index (κ2) is 11.6. The van der Waals surface area contributed by atoms with E-state index in [1.807, 2.05) is 0 Å². The molecule has 3 fully saturated rings. The van der Waals surface area contributed by atoms with E-state index in [0.717, 1.165) is 0 Å². The molecule has 3 rings (SSSR count). The smallest absolute Gasteiger partial charge is 0.343 e. The topological polar surface area (TPSA) is 0 Å². The molecule has 0 bridgehead atoms. The third-order valence-electron chi connectivity index (χ3n) is 4.80. The van der Waals surface area contributed by atoms with Crippen LogP contribution in [-0.2, 0) is 26.2 Å². The van der Waals surface area contributed by atoms with Crippen LogP contribution in [0.1, 0.15) is 64.2 Å². The van der Waals surface area contributed by atoms with Crippen LogP contribution in [0.5, 0.6) is 0 Å². The molecule has 1 aliphatic heterocycles. The zero-order valence-corrected chi connectivity index (χ0v) is 17.5. The maximum Gasteiger partial charge on any atom is 4.00 e. The Kier molecular flexibility index (Phi) is 12.3. The van der Waals surface area contributed by atoms with Gasteiger partial charge in [0.2, 0.25) is 0 Å². The Labute approximate surface area is 149 Å². The summed E-state index contributed by atoms with van der Waals surface area (Å²) in [6.45, 7) is 13.1. The molecular weight excluding hydrogens is 336 g/mol. The Hall–Kier alpha value is 1.10. The Morgan fingerprint density at radius 2 is 0.800 bits per heavy atom. The van der Waals surface area contributed by atoms with Crippen molar-refractivity contribution in [2.24, 2.45) is 11.8 Å². The van der Waals surface area contributed by atoms with Gasteiger partial charge in [0, 0.05) is 8.07 Å². The molecule has 0 amide bonds. The first-order chi connectivity index (χ1) is 9.01. The second-order valence-corrected chi connectivity index (χ2v) is 12.8. The van der Waals surface area contributed by atoms with Crippen molar-refractivity contribution in [2.45, 2.75) is 89.4 Å². The molecule has 0 nitrogen and oxygen atoms in total. The molecule has 2 aliphatic carbocycles. The summed E-state index contributed by atoms with van der Waals surface area (Å²) in [5.74, 6) is 1.32. The summed E-state index contributed by atoms with van der Waals surface area (Å²) in [5.41, 5.74) is 0. The molecule has 1 saturated heterocycles. The van der Waals surface area contributed by atoms with Crippen molar-refractivity contribution in [3.05, 3.63) is 13.8 Å². The second-order valence-electron chi connectivity index (χ2n) is 7.63. The predicted molar refractivity (Wildman–Crippen MR) is 91.0 cm³/mol. The van der Waals surface area contributed by atoms with Crippen molar-refractivity contribution in [2.75, 3.05) is 0 Å². The van der Waals surface area contributed by atoms with Gasteiger partial charge < -0.3 is 13.8 Å². The van der Waals surface area contributed by atoms with Gasteiger partial charge in [-0.05, 0) is 0 Å². The molecule has 2 saturated carbocycles. The van der Waals surface area contributed by atoms with E-state index in [1.54, 1.807) is 0 Å². The molecule has 0 radical (unpaired) electrons. The van der Waals surface area contributed by atoms with E-state index in [2.05, 4.69) is 26.9 Å². The SMILES string of the molecule is C1CCCC1.C1CCCC1.[CH2-][C@@H]1C[Si](C)(C)C[C@H]1[CH2-].[Zr+4]. The number of hydrogen-bond acceptors (Lipinski definition) is 0. The molecule has 0 unspecified atom stereocenters. The summed E-state index contributed by atoms with van der Waals surface area (Å²) in [6, 6.07) is 2.78. The summed E-state index contributed by atoms with van der Waals surface area (Å²) in [6.07, 6.45) is 15.0. The third kappa shape index (κ3) is 9.93. The third-order valence-corrected chi connectivity index (χ3v) is 8.06. The normalized spacial score (nSPS) is 30.6. The molecule has 0 spiro atoms. The maximum absolute atomic E-state index is 4.09. The number of rotatable bonds is 0. The Balaban J connectivity index is 0.000000282. The molecule has 2 heteroatoms. The molecule has 2 atom stereocenters. The molecule has 1 heterocycles. The summed E-state index contributed by atoms with van der Waals surface area (Å²) in [4.78, 5) is 0. The van der Waals surface area contributed by atoms with Gasteiger partial charge in [-0.3, -0.25) is 0 Å². The average Bonchev–Trinajstić information content (AvgIpc) is 3.08. The van der Waals surface area contributed by atoms with E-state index >= 15 is 0 Å². The molecule has 114 valence electrons. The van der Waals surface area contributed by atoms with Crippen LogP contribution in [0.15, 0.2) is 0 Å². The van der Waals surface area contributed by atoms with Crippen LogP contribution in [0.25, 0.3) is 0 Å². The first-order valence-electron chi connectivity index (χ1n) is 8.67. The van der Waals surface area contributed by atoms with Crippen LogP contribution in [-0.4, -0.2) is 8.07 Å². The summed E-state index contributed by atoms with van der Waals surface area (Å²) >= 11 is 0. The van der Waals surface area contributed by atoms with Gasteiger partial charge in [0.25, 0.3) is 0 Å². The molecule has 0 aromatic carbocycles. The standard InChI is InChI=1S/C8H16Si.2C5H10.Zr/c1-7-5-9(3,4)6-8(7)2;2*1-2-4-5-3-1;/h7-8H,1-2,5-6H2,3-4H3;2*1-5H2;/q-2;;;+4/t7-,8-;;;/m1.../s1. The van der Waals surface area contributed by atoms with Crippen LogP contribution in [0.4, 0.5) is 0 Å². The average molecular weight is 372 g/mol. The van der Waals surface area contributed by atoms with E-state index in [0.29, 0.717) is 11.8 Å². The Bertz CT molecular complexity index is 182. The van der Waals surface area contributed by atoms with E-state index in [-0.39, 0.29) is 26.2 Å². The summed E-state index contributed by atoms with van der Waals surface area (Å²) < 4.78 is 0. The van der Waals surface area contributed by atoms with Gasteiger partial charge in [0.05, 0.1) is 0 Å². The van der Waals surface area contributed by atoms with Gasteiger partial charge in [0.1, 0.15) is 0 Å². The van der Waals surface area contributed by atoms with Gasteiger partial charge in [-0.2, -0.15) is 11.8 Å². The monoisotopic (exact) mass is 370 g/mol. The van der Waals surface area contributed by atoms with Crippen LogP contribution in [0, 0.1) is 25.7 Å². The van der Waals surface area contributed by atoms with E-state index in [9.17, 15) is 0 Å². The van der Waals surface area contributed by atoms with Crippen LogP contribution in [0.2, 0.25) is 25.2 Å². The van der Waals surface area contributed by atoms with Crippen LogP contribution < -0.4 is 0 Å². The minimum atomic E-state index is -0.791. The molecule has 0 aromatic heterocycles. The minimum absolute atomic E-state index is 0. The van der Waals surface area contributed by atoms with Crippen molar-refractivity contribution in [3.8, 4) is 0 Å². The van der Waals surface area contributed by atoms with Crippen LogP contribution in [0.3, 0.4) is 0 Å². The Morgan fingerprint density at radius 3 is 0.900 bits per heavy atom. The maximum atomic E-state index is 4.09. The zero-order valence-electron chi connectivity index (χ0n) is 14.1. The van der Waals surface area contributed by atoms with Crippen molar-refractivity contribution < 1.29 is 26.2 Å². The Morgan fingerprint density at radius 1 is 0.600 bits per heavy atom. The van der Waals surface area contributed by atoms with E-state index in [4.69, 9.17) is 0 Å². The van der Waals surface area contributed by atoms with Crippen molar-refractivity contribution >= 4 is 8.07 Å². The van der Waals surface area contributed by atoms with E-state index in [1.165, 1.54) is 76.3 Å². The first-order valence-corrected chi connectivity index (χ1v) is 12.1. The van der Waals surface area contributed by atoms with Gasteiger partial charge >= 0.3 is 26.2 Å². The minimum Gasteiger partial charge on any atom is -0.343 e. The van der Waals surface area contributed by atoms with E-state index < -0.39 is 8.07 Å².